The van der Waals surface area contributed by atoms with Gasteiger partial charge in [0.1, 0.15) is 0 Å². The number of amides is 1. The summed E-state index contributed by atoms with van der Waals surface area (Å²) in [6.45, 7) is 1.87. The van der Waals surface area contributed by atoms with Gasteiger partial charge >= 0.3 is 0 Å². The number of carbonyl (C=O) groups is 1. The predicted octanol–water partition coefficient (Wildman–Crippen LogP) is 3.35. The Kier molecular flexibility index (Phi) is 4.16. The molecule has 0 heterocycles. The number of halogens is 3. The average molecular weight is 294 g/mol. The molecule has 0 radical (unpaired) electrons. The minimum atomic E-state index is -1.67. The Balaban J connectivity index is 2.47. The summed E-state index contributed by atoms with van der Waals surface area (Å²) in [5, 5.41) is 0. The molecule has 0 fully saturated rings. The molecule has 0 spiro atoms. The van der Waals surface area contributed by atoms with Gasteiger partial charge in [0.05, 0.1) is 16.9 Å². The van der Waals surface area contributed by atoms with E-state index in [1.165, 1.54) is 4.90 Å². The van der Waals surface area contributed by atoms with Crippen LogP contribution in [0.15, 0.2) is 36.4 Å². The molecule has 2 N–H and O–H groups in total. The zero-order chi connectivity index (χ0) is 15.6. The summed E-state index contributed by atoms with van der Waals surface area (Å²) in [5.74, 6) is -5.30. The lowest BCUT2D eigenvalue weighted by Crippen LogP contribution is -2.32. The third-order valence-corrected chi connectivity index (χ3v) is 3.05. The van der Waals surface area contributed by atoms with Gasteiger partial charge in [-0.05, 0) is 31.2 Å². The van der Waals surface area contributed by atoms with Gasteiger partial charge in [-0.25, -0.2) is 13.2 Å². The van der Waals surface area contributed by atoms with Gasteiger partial charge in [-0.15, -0.1) is 0 Å². The van der Waals surface area contributed by atoms with Crippen molar-refractivity contribution in [2.45, 2.75) is 6.92 Å². The number of nitrogens with zero attached hydrogens (tertiary/aromatic N) is 1. The van der Waals surface area contributed by atoms with Crippen LogP contribution in [-0.4, -0.2) is 12.5 Å². The van der Waals surface area contributed by atoms with Crippen LogP contribution in [-0.2, 0) is 0 Å². The first-order valence-corrected chi connectivity index (χ1v) is 6.27. The first-order valence-electron chi connectivity index (χ1n) is 6.27. The maximum absolute atomic E-state index is 13.7. The molecule has 0 bridgehead atoms. The van der Waals surface area contributed by atoms with E-state index in [1.807, 2.05) is 0 Å². The first kappa shape index (κ1) is 14.9. The zero-order valence-corrected chi connectivity index (χ0v) is 11.2. The standard InChI is InChI=1S/C15H13F3N2O/c1-2-20(12-6-4-3-5-11(12)19)15(21)9-7-8-10(16)14(18)13(9)17/h3-8H,2,19H2,1H3. The van der Waals surface area contributed by atoms with E-state index >= 15 is 0 Å². The van der Waals surface area contributed by atoms with E-state index in [4.69, 9.17) is 5.73 Å². The van der Waals surface area contributed by atoms with Gasteiger partial charge in [0, 0.05) is 6.54 Å². The van der Waals surface area contributed by atoms with Crippen LogP contribution in [0, 0.1) is 17.5 Å². The SMILES string of the molecule is CCN(C(=O)c1ccc(F)c(F)c1F)c1ccccc1N. The molecule has 0 aliphatic carbocycles. The second-order valence-corrected chi connectivity index (χ2v) is 4.33. The fourth-order valence-corrected chi connectivity index (χ4v) is 1.99. The highest BCUT2D eigenvalue weighted by molar-refractivity contribution is 6.07. The van der Waals surface area contributed by atoms with Crippen molar-refractivity contribution >= 4 is 17.3 Å². The van der Waals surface area contributed by atoms with E-state index < -0.39 is 28.9 Å². The Morgan fingerprint density at radius 2 is 1.76 bits per heavy atom. The zero-order valence-electron chi connectivity index (χ0n) is 11.2. The van der Waals surface area contributed by atoms with Crippen LogP contribution in [0.5, 0.6) is 0 Å². The third-order valence-electron chi connectivity index (χ3n) is 3.05. The highest BCUT2D eigenvalue weighted by Crippen LogP contribution is 2.25. The van der Waals surface area contributed by atoms with Gasteiger partial charge in [-0.1, -0.05) is 12.1 Å². The Bertz CT molecular complexity index is 689. The normalized spacial score (nSPS) is 10.5. The number of rotatable bonds is 3. The van der Waals surface area contributed by atoms with Crippen LogP contribution >= 0.6 is 0 Å². The largest absolute Gasteiger partial charge is 0.397 e. The molecule has 2 aromatic rings. The minimum Gasteiger partial charge on any atom is -0.397 e. The van der Waals surface area contributed by atoms with Crippen LogP contribution in [0.4, 0.5) is 24.5 Å². The summed E-state index contributed by atoms with van der Waals surface area (Å²) in [6.07, 6.45) is 0. The molecule has 1 amide bonds. The van der Waals surface area contributed by atoms with E-state index in [0.29, 0.717) is 17.4 Å². The summed E-state index contributed by atoms with van der Waals surface area (Å²) in [4.78, 5) is 13.6. The predicted molar refractivity (Wildman–Crippen MR) is 74.5 cm³/mol. The molecular formula is C15H13F3N2O. The lowest BCUT2D eigenvalue weighted by Gasteiger charge is -2.23. The summed E-state index contributed by atoms with van der Waals surface area (Å²) < 4.78 is 39.9. The van der Waals surface area contributed by atoms with Crippen molar-refractivity contribution in [3.05, 3.63) is 59.4 Å². The first-order chi connectivity index (χ1) is 9.97. The van der Waals surface area contributed by atoms with E-state index in [-0.39, 0.29) is 6.54 Å². The number of carbonyl (C=O) groups excluding carboxylic acids is 1. The van der Waals surface area contributed by atoms with Crippen molar-refractivity contribution < 1.29 is 18.0 Å². The number of para-hydroxylation sites is 2. The maximum atomic E-state index is 13.7. The molecule has 3 nitrogen and oxygen atoms in total. The smallest absolute Gasteiger partial charge is 0.261 e. The number of nitrogen functional groups attached to an aromatic ring is 1. The fourth-order valence-electron chi connectivity index (χ4n) is 1.99. The van der Waals surface area contributed by atoms with Gasteiger partial charge in [0.25, 0.3) is 5.91 Å². The Labute approximate surface area is 119 Å². The van der Waals surface area contributed by atoms with Crippen molar-refractivity contribution in [1.82, 2.24) is 0 Å². The molecule has 2 rings (SSSR count). The highest BCUT2D eigenvalue weighted by Gasteiger charge is 2.24. The molecule has 0 saturated heterocycles. The number of hydrogen-bond acceptors (Lipinski definition) is 2. The van der Waals surface area contributed by atoms with Gasteiger partial charge in [-0.3, -0.25) is 4.79 Å². The van der Waals surface area contributed by atoms with Crippen molar-refractivity contribution in [2.75, 3.05) is 17.2 Å². The summed E-state index contributed by atoms with van der Waals surface area (Å²) in [5.41, 5.74) is 5.95. The highest BCUT2D eigenvalue weighted by atomic mass is 19.2. The molecule has 0 unspecified atom stereocenters. The van der Waals surface area contributed by atoms with Crippen LogP contribution < -0.4 is 10.6 Å². The van der Waals surface area contributed by atoms with Gasteiger partial charge < -0.3 is 10.6 Å². The van der Waals surface area contributed by atoms with Crippen molar-refractivity contribution in [3.63, 3.8) is 0 Å². The molecule has 110 valence electrons. The van der Waals surface area contributed by atoms with Crippen LogP contribution in [0.1, 0.15) is 17.3 Å². The second kappa shape index (κ2) is 5.87. The molecule has 0 aromatic heterocycles. The van der Waals surface area contributed by atoms with Crippen molar-refractivity contribution in [2.24, 2.45) is 0 Å². The molecule has 21 heavy (non-hydrogen) atoms. The number of hydrogen-bond donors (Lipinski definition) is 1. The Hall–Kier alpha value is -2.50. The number of benzene rings is 2. The maximum Gasteiger partial charge on any atom is 0.261 e. The van der Waals surface area contributed by atoms with E-state index in [2.05, 4.69) is 0 Å². The third kappa shape index (κ3) is 2.69. The number of anilines is 2. The van der Waals surface area contributed by atoms with Crippen molar-refractivity contribution in [3.8, 4) is 0 Å². The Morgan fingerprint density at radius 3 is 2.38 bits per heavy atom. The Morgan fingerprint density at radius 1 is 1.10 bits per heavy atom. The quantitative estimate of drug-likeness (QED) is 0.697. The van der Waals surface area contributed by atoms with Gasteiger partial charge in [-0.2, -0.15) is 0 Å². The molecule has 0 atom stereocenters. The lowest BCUT2D eigenvalue weighted by atomic mass is 10.1. The summed E-state index contributed by atoms with van der Waals surface area (Å²) >= 11 is 0. The van der Waals surface area contributed by atoms with E-state index in [0.717, 1.165) is 6.07 Å². The summed E-state index contributed by atoms with van der Waals surface area (Å²) in [6, 6.07) is 8.17. The number of nitrogens with two attached hydrogens (primary N) is 1. The molecule has 0 saturated carbocycles. The van der Waals surface area contributed by atoms with Crippen LogP contribution in [0.25, 0.3) is 0 Å². The molecule has 6 heteroatoms. The summed E-state index contributed by atoms with van der Waals surface area (Å²) in [7, 11) is 0. The lowest BCUT2D eigenvalue weighted by molar-refractivity contribution is 0.0983. The minimum absolute atomic E-state index is 0.200. The average Bonchev–Trinajstić information content (AvgIpc) is 2.47. The van der Waals surface area contributed by atoms with Crippen LogP contribution in [0.3, 0.4) is 0 Å². The molecule has 0 aliphatic rings. The van der Waals surface area contributed by atoms with Crippen LogP contribution in [0.2, 0.25) is 0 Å². The van der Waals surface area contributed by atoms with Gasteiger partial charge in [0.15, 0.2) is 17.5 Å². The van der Waals surface area contributed by atoms with Crippen molar-refractivity contribution in [1.29, 1.82) is 0 Å². The fraction of sp³-hybridized carbons (Fsp3) is 0.133. The topological polar surface area (TPSA) is 46.3 Å². The van der Waals surface area contributed by atoms with Gasteiger partial charge in [0.2, 0.25) is 0 Å². The van der Waals surface area contributed by atoms with E-state index in [1.54, 1.807) is 31.2 Å². The van der Waals surface area contributed by atoms with E-state index in [9.17, 15) is 18.0 Å². The second-order valence-electron chi connectivity index (χ2n) is 4.33. The monoisotopic (exact) mass is 294 g/mol. The molecular weight excluding hydrogens is 281 g/mol. The molecule has 2 aromatic carbocycles. The molecule has 0 aliphatic heterocycles.